The molecule has 0 radical (unpaired) electrons. The molecule has 2 heterocycles. The van der Waals surface area contributed by atoms with E-state index in [1.54, 1.807) is 30.3 Å². The van der Waals surface area contributed by atoms with Gasteiger partial charge in [-0.3, -0.25) is 14.9 Å². The average molecular weight is 492 g/mol. The van der Waals surface area contributed by atoms with Gasteiger partial charge in [0.25, 0.3) is 11.8 Å². The summed E-state index contributed by atoms with van der Waals surface area (Å²) in [5.74, 6) is -1.36. The van der Waals surface area contributed by atoms with E-state index in [1.165, 1.54) is 5.56 Å². The first-order valence-electron chi connectivity index (χ1n) is 10.3. The Hall–Kier alpha value is -3.45. The smallest absolute Gasteiger partial charge is 0.318 e. The molecule has 4 rings (SSSR count). The van der Waals surface area contributed by atoms with Crippen LogP contribution in [0.4, 0.5) is 10.5 Å². The molecule has 6 nitrogen and oxygen atoms in total. The molecular weight excluding hydrogens is 470 g/mol. The number of imide groups is 2. The largest absolute Gasteiger partial charge is 0.335 e. The molecule has 0 saturated carbocycles. The lowest BCUT2D eigenvalue weighted by atomic mass is 10.1. The summed E-state index contributed by atoms with van der Waals surface area (Å²) in [7, 11) is 0. The first-order valence-corrected chi connectivity index (χ1v) is 11.0. The number of aryl methyl sites for hydroxylation is 2. The van der Waals surface area contributed by atoms with Crippen LogP contribution in [0.25, 0.3) is 11.8 Å². The Balaban J connectivity index is 1.73. The van der Waals surface area contributed by atoms with E-state index in [9.17, 15) is 14.4 Å². The zero-order valence-electron chi connectivity index (χ0n) is 18.0. The third-order valence-electron chi connectivity index (χ3n) is 5.56. The SMILES string of the molecule is CCc1ccc(-n2c(C)cc(/C=C3/C(=O)NC(=O)N(c4ccc(Br)cc4)C3=O)c2C)cc1. The summed E-state index contributed by atoms with van der Waals surface area (Å²) in [5, 5.41) is 2.27. The van der Waals surface area contributed by atoms with Crippen LogP contribution in [-0.2, 0) is 16.0 Å². The minimum atomic E-state index is -0.763. The molecule has 3 aromatic rings. The Morgan fingerprint density at radius 3 is 2.19 bits per heavy atom. The van der Waals surface area contributed by atoms with Gasteiger partial charge in [-0.25, -0.2) is 9.69 Å². The van der Waals surface area contributed by atoms with Gasteiger partial charge in [0.15, 0.2) is 0 Å². The number of benzene rings is 2. The summed E-state index contributed by atoms with van der Waals surface area (Å²) in [5.41, 5.74) is 5.17. The van der Waals surface area contributed by atoms with Crippen LogP contribution in [0.3, 0.4) is 0 Å². The number of barbiturate groups is 1. The minimum Gasteiger partial charge on any atom is -0.318 e. The fraction of sp³-hybridized carbons (Fsp3) is 0.160. The van der Waals surface area contributed by atoms with E-state index in [4.69, 9.17) is 0 Å². The van der Waals surface area contributed by atoms with Gasteiger partial charge < -0.3 is 4.57 Å². The van der Waals surface area contributed by atoms with Gasteiger partial charge in [-0.2, -0.15) is 0 Å². The van der Waals surface area contributed by atoms with Crippen LogP contribution in [0.5, 0.6) is 0 Å². The monoisotopic (exact) mass is 491 g/mol. The van der Waals surface area contributed by atoms with Crippen LogP contribution in [0.1, 0.15) is 29.4 Å². The molecule has 162 valence electrons. The molecule has 1 saturated heterocycles. The number of hydrogen-bond acceptors (Lipinski definition) is 3. The quantitative estimate of drug-likeness (QED) is 0.408. The second kappa shape index (κ2) is 8.59. The van der Waals surface area contributed by atoms with Crippen LogP contribution in [-0.4, -0.2) is 22.4 Å². The Morgan fingerprint density at radius 1 is 0.938 bits per heavy atom. The maximum Gasteiger partial charge on any atom is 0.335 e. The van der Waals surface area contributed by atoms with Crippen molar-refractivity contribution in [2.75, 3.05) is 4.90 Å². The lowest BCUT2D eigenvalue weighted by Crippen LogP contribution is -2.54. The fourth-order valence-electron chi connectivity index (χ4n) is 3.85. The molecule has 1 aromatic heterocycles. The first-order chi connectivity index (χ1) is 15.3. The topological polar surface area (TPSA) is 71.4 Å². The van der Waals surface area contributed by atoms with Gasteiger partial charge in [-0.1, -0.05) is 35.0 Å². The number of carbonyl (C=O) groups excluding carboxylic acids is 3. The van der Waals surface area contributed by atoms with Crippen molar-refractivity contribution < 1.29 is 14.4 Å². The fourth-order valence-corrected chi connectivity index (χ4v) is 4.11. The van der Waals surface area contributed by atoms with E-state index in [2.05, 4.69) is 57.0 Å². The van der Waals surface area contributed by atoms with Crippen LogP contribution in [0.2, 0.25) is 0 Å². The van der Waals surface area contributed by atoms with E-state index in [-0.39, 0.29) is 5.57 Å². The molecule has 1 N–H and O–H groups in total. The number of aromatic nitrogens is 1. The summed E-state index contributed by atoms with van der Waals surface area (Å²) in [6, 6.07) is 16.2. The number of carbonyl (C=O) groups is 3. The molecule has 2 aromatic carbocycles. The highest BCUT2D eigenvalue weighted by atomic mass is 79.9. The molecule has 4 amide bonds. The molecule has 1 aliphatic heterocycles. The molecule has 0 aliphatic carbocycles. The van der Waals surface area contributed by atoms with Gasteiger partial charge in [0.1, 0.15) is 5.57 Å². The predicted octanol–water partition coefficient (Wildman–Crippen LogP) is 5.09. The average Bonchev–Trinajstić information content (AvgIpc) is 3.05. The van der Waals surface area contributed by atoms with Crippen molar-refractivity contribution in [2.45, 2.75) is 27.2 Å². The Bertz CT molecular complexity index is 1250. The van der Waals surface area contributed by atoms with Crippen LogP contribution < -0.4 is 10.2 Å². The normalized spacial score (nSPS) is 15.4. The lowest BCUT2D eigenvalue weighted by Gasteiger charge is -2.26. The summed E-state index contributed by atoms with van der Waals surface area (Å²) >= 11 is 3.34. The van der Waals surface area contributed by atoms with Crippen molar-refractivity contribution in [3.8, 4) is 5.69 Å². The minimum absolute atomic E-state index is 0.0888. The standard InChI is InChI=1S/C25H22BrN3O3/c1-4-17-5-9-20(10-6-17)28-15(2)13-18(16(28)3)14-22-23(30)27-25(32)29(24(22)31)21-11-7-19(26)8-12-21/h5-14H,4H2,1-3H3,(H,27,30,32)/b22-14-. The maximum atomic E-state index is 13.1. The zero-order chi connectivity index (χ0) is 23.0. The van der Waals surface area contributed by atoms with Gasteiger partial charge in [0.2, 0.25) is 0 Å². The Morgan fingerprint density at radius 2 is 1.56 bits per heavy atom. The summed E-state index contributed by atoms with van der Waals surface area (Å²) < 4.78 is 2.90. The zero-order valence-corrected chi connectivity index (χ0v) is 19.6. The van der Waals surface area contributed by atoms with Crippen molar-refractivity contribution in [2.24, 2.45) is 0 Å². The van der Waals surface area contributed by atoms with Gasteiger partial charge in [0, 0.05) is 21.5 Å². The third kappa shape index (κ3) is 3.91. The highest BCUT2D eigenvalue weighted by Crippen LogP contribution is 2.27. The van der Waals surface area contributed by atoms with E-state index in [0.29, 0.717) is 5.69 Å². The Kier molecular flexibility index (Phi) is 5.84. The van der Waals surface area contributed by atoms with E-state index in [0.717, 1.165) is 38.4 Å². The summed E-state index contributed by atoms with van der Waals surface area (Å²) in [6.07, 6.45) is 2.52. The lowest BCUT2D eigenvalue weighted by molar-refractivity contribution is -0.122. The van der Waals surface area contributed by atoms with Crippen LogP contribution in [0.15, 0.2) is 64.6 Å². The predicted molar refractivity (Wildman–Crippen MR) is 128 cm³/mol. The van der Waals surface area contributed by atoms with Crippen LogP contribution in [0, 0.1) is 13.8 Å². The molecule has 32 heavy (non-hydrogen) atoms. The third-order valence-corrected chi connectivity index (χ3v) is 6.09. The highest BCUT2D eigenvalue weighted by molar-refractivity contribution is 9.10. The van der Waals surface area contributed by atoms with Crippen LogP contribution >= 0.6 is 15.9 Å². The number of nitrogens with one attached hydrogen (secondary N) is 1. The first kappa shape index (κ1) is 21.8. The number of halogens is 1. The van der Waals surface area contributed by atoms with E-state index < -0.39 is 17.8 Å². The van der Waals surface area contributed by atoms with E-state index >= 15 is 0 Å². The molecular formula is C25H22BrN3O3. The molecule has 1 aliphatic rings. The summed E-state index contributed by atoms with van der Waals surface area (Å²) in [6.45, 7) is 6.03. The van der Waals surface area contributed by atoms with Crippen molar-refractivity contribution in [1.82, 2.24) is 9.88 Å². The molecule has 0 bridgehead atoms. The number of hydrogen-bond donors (Lipinski definition) is 1. The van der Waals surface area contributed by atoms with Gasteiger partial charge in [0.05, 0.1) is 5.69 Å². The molecule has 7 heteroatoms. The van der Waals surface area contributed by atoms with Gasteiger partial charge in [-0.05, 0) is 79.9 Å². The molecule has 0 atom stereocenters. The number of nitrogens with zero attached hydrogens (tertiary/aromatic N) is 2. The van der Waals surface area contributed by atoms with Gasteiger partial charge in [-0.15, -0.1) is 0 Å². The second-order valence-corrected chi connectivity index (χ2v) is 8.53. The molecule has 1 fully saturated rings. The van der Waals surface area contributed by atoms with Crippen molar-refractivity contribution in [1.29, 1.82) is 0 Å². The highest BCUT2D eigenvalue weighted by Gasteiger charge is 2.37. The molecule has 0 spiro atoms. The summed E-state index contributed by atoms with van der Waals surface area (Å²) in [4.78, 5) is 39.0. The maximum absolute atomic E-state index is 13.1. The second-order valence-electron chi connectivity index (χ2n) is 7.62. The van der Waals surface area contributed by atoms with Crippen molar-refractivity contribution in [3.63, 3.8) is 0 Å². The number of anilines is 1. The number of urea groups is 1. The van der Waals surface area contributed by atoms with Crippen molar-refractivity contribution in [3.05, 3.63) is 87.2 Å². The Labute approximate surface area is 194 Å². The van der Waals surface area contributed by atoms with E-state index in [1.807, 2.05) is 19.9 Å². The number of amides is 4. The number of rotatable bonds is 4. The molecule has 0 unspecified atom stereocenters. The van der Waals surface area contributed by atoms with Crippen molar-refractivity contribution >= 4 is 45.5 Å². The van der Waals surface area contributed by atoms with Gasteiger partial charge >= 0.3 is 6.03 Å².